The van der Waals surface area contributed by atoms with E-state index < -0.39 is 0 Å². The zero-order valence-electron chi connectivity index (χ0n) is 12.3. The molecular weight excluding hydrogens is 292 g/mol. The summed E-state index contributed by atoms with van der Waals surface area (Å²) in [5.74, 6) is 0.546. The van der Waals surface area contributed by atoms with Gasteiger partial charge in [0.25, 0.3) is 0 Å². The second-order valence-electron chi connectivity index (χ2n) is 5.11. The Bertz CT molecular complexity index is 484. The molecule has 2 rings (SSSR count). The summed E-state index contributed by atoms with van der Waals surface area (Å²) in [6, 6.07) is 6.97. The summed E-state index contributed by atoms with van der Waals surface area (Å²) >= 11 is 6.03. The zero-order chi connectivity index (χ0) is 15.2. The van der Waals surface area contributed by atoms with Crippen LogP contribution in [0.15, 0.2) is 24.3 Å². The fourth-order valence-electron chi connectivity index (χ4n) is 2.18. The summed E-state index contributed by atoms with van der Waals surface area (Å²) in [4.78, 5) is 12.1. The molecule has 1 fully saturated rings. The van der Waals surface area contributed by atoms with Gasteiger partial charge in [0.1, 0.15) is 17.9 Å². The van der Waals surface area contributed by atoms with Gasteiger partial charge in [0, 0.05) is 6.54 Å². The van der Waals surface area contributed by atoms with Crippen molar-refractivity contribution in [3.8, 4) is 5.75 Å². The molecule has 1 aliphatic rings. The molecule has 116 valence electrons. The van der Waals surface area contributed by atoms with Crippen molar-refractivity contribution in [3.63, 3.8) is 0 Å². The van der Waals surface area contributed by atoms with Crippen LogP contribution < -0.4 is 15.4 Å². The average Bonchev–Trinajstić information content (AvgIpc) is 2.48. The monoisotopic (exact) mass is 312 g/mol. The molecule has 2 N–H and O–H groups in total. The predicted molar refractivity (Wildman–Crippen MR) is 81.8 cm³/mol. The van der Waals surface area contributed by atoms with Gasteiger partial charge in [-0.15, -0.1) is 0 Å². The normalized spacial score (nSPS) is 23.4. The van der Waals surface area contributed by atoms with E-state index in [9.17, 15) is 4.79 Å². The number of carbonyl (C=O) groups excluding carboxylic acids is 1. The molecule has 1 unspecified atom stereocenters. The molecule has 5 nitrogen and oxygen atoms in total. The number of hydrogen-bond acceptors (Lipinski definition) is 4. The van der Waals surface area contributed by atoms with Gasteiger partial charge in [-0.3, -0.25) is 4.79 Å². The van der Waals surface area contributed by atoms with Crippen molar-refractivity contribution >= 4 is 17.5 Å². The van der Waals surface area contributed by atoms with Crippen molar-refractivity contribution in [2.24, 2.45) is 0 Å². The quantitative estimate of drug-likeness (QED) is 0.867. The van der Waals surface area contributed by atoms with Crippen molar-refractivity contribution in [1.29, 1.82) is 0 Å². The molecule has 0 saturated carbocycles. The lowest BCUT2D eigenvalue weighted by Crippen LogP contribution is -2.56. The van der Waals surface area contributed by atoms with E-state index >= 15 is 0 Å². The lowest BCUT2D eigenvalue weighted by atomic mass is 10.1. The Morgan fingerprint density at radius 3 is 3.05 bits per heavy atom. The lowest BCUT2D eigenvalue weighted by molar-refractivity contribution is -0.129. The summed E-state index contributed by atoms with van der Waals surface area (Å²) in [6.45, 7) is 5.51. The van der Waals surface area contributed by atoms with Crippen LogP contribution in [0.2, 0.25) is 5.02 Å². The van der Waals surface area contributed by atoms with Gasteiger partial charge in [0.05, 0.1) is 24.3 Å². The van der Waals surface area contributed by atoms with Crippen molar-refractivity contribution in [2.45, 2.75) is 32.1 Å². The van der Waals surface area contributed by atoms with Crippen LogP contribution in [0.3, 0.4) is 0 Å². The summed E-state index contributed by atoms with van der Waals surface area (Å²) in [6.07, 6.45) is -0.299. The van der Waals surface area contributed by atoms with Crippen LogP contribution in [0.5, 0.6) is 5.75 Å². The van der Waals surface area contributed by atoms with Crippen LogP contribution in [-0.2, 0) is 9.53 Å². The Kier molecular flexibility index (Phi) is 5.85. The number of ether oxygens (including phenoxy) is 2. The predicted octanol–water partition coefficient (Wildman–Crippen LogP) is 1.60. The number of amides is 1. The van der Waals surface area contributed by atoms with Crippen LogP contribution in [0.25, 0.3) is 0 Å². The summed E-state index contributed by atoms with van der Waals surface area (Å²) in [5, 5.41) is 6.59. The number of carbonyl (C=O) groups is 1. The molecule has 1 amide bonds. The molecule has 3 atom stereocenters. The Morgan fingerprint density at radius 1 is 1.57 bits per heavy atom. The first-order valence-electron chi connectivity index (χ1n) is 7.12. The van der Waals surface area contributed by atoms with E-state index in [2.05, 4.69) is 10.6 Å². The minimum absolute atomic E-state index is 0.0724. The highest BCUT2D eigenvalue weighted by Crippen LogP contribution is 2.24. The van der Waals surface area contributed by atoms with Gasteiger partial charge in [-0.25, -0.2) is 0 Å². The van der Waals surface area contributed by atoms with Crippen molar-refractivity contribution in [3.05, 3.63) is 29.3 Å². The van der Waals surface area contributed by atoms with E-state index in [1.807, 2.05) is 26.0 Å². The third-order valence-corrected chi connectivity index (χ3v) is 3.64. The van der Waals surface area contributed by atoms with E-state index in [-0.39, 0.29) is 24.2 Å². The largest absolute Gasteiger partial charge is 0.487 e. The molecule has 0 spiro atoms. The van der Waals surface area contributed by atoms with Crippen molar-refractivity contribution in [1.82, 2.24) is 10.6 Å². The Balaban J connectivity index is 1.79. The number of nitrogens with one attached hydrogen (secondary N) is 2. The van der Waals surface area contributed by atoms with Crippen molar-refractivity contribution in [2.75, 3.05) is 19.7 Å². The van der Waals surface area contributed by atoms with Crippen LogP contribution >= 0.6 is 11.6 Å². The van der Waals surface area contributed by atoms with Crippen molar-refractivity contribution < 1.29 is 14.3 Å². The van der Waals surface area contributed by atoms with Crippen LogP contribution in [-0.4, -0.2) is 43.9 Å². The minimum Gasteiger partial charge on any atom is -0.487 e. The maximum Gasteiger partial charge on any atom is 0.239 e. The van der Waals surface area contributed by atoms with Gasteiger partial charge < -0.3 is 20.1 Å². The summed E-state index contributed by atoms with van der Waals surface area (Å²) < 4.78 is 11.2. The highest BCUT2D eigenvalue weighted by atomic mass is 35.5. The fraction of sp³-hybridized carbons (Fsp3) is 0.533. The molecule has 1 aliphatic heterocycles. The van der Waals surface area contributed by atoms with Gasteiger partial charge in [-0.2, -0.15) is 0 Å². The molecule has 0 bridgehead atoms. The smallest absolute Gasteiger partial charge is 0.239 e. The molecular formula is C15H21ClN2O3. The van der Waals surface area contributed by atoms with Gasteiger partial charge in [0.15, 0.2) is 0 Å². The number of hydrogen-bond donors (Lipinski definition) is 2. The summed E-state index contributed by atoms with van der Waals surface area (Å²) in [7, 11) is 0. The van der Waals surface area contributed by atoms with E-state index in [0.717, 1.165) is 0 Å². The van der Waals surface area contributed by atoms with Gasteiger partial charge in [0.2, 0.25) is 5.91 Å². The maximum atomic E-state index is 12.1. The first kappa shape index (κ1) is 16.1. The number of halogens is 1. The third kappa shape index (κ3) is 4.59. The fourth-order valence-corrected chi connectivity index (χ4v) is 2.36. The number of benzene rings is 1. The molecule has 1 heterocycles. The Morgan fingerprint density at radius 2 is 2.33 bits per heavy atom. The molecule has 6 heteroatoms. The van der Waals surface area contributed by atoms with Crippen LogP contribution in [0.4, 0.5) is 0 Å². The first-order chi connectivity index (χ1) is 10.1. The van der Waals surface area contributed by atoms with Crippen LogP contribution in [0, 0.1) is 0 Å². The van der Waals surface area contributed by atoms with Crippen LogP contribution in [0.1, 0.15) is 13.8 Å². The topological polar surface area (TPSA) is 59.6 Å². The second kappa shape index (κ2) is 7.64. The molecule has 0 radical (unpaired) electrons. The van der Waals surface area contributed by atoms with Gasteiger partial charge in [-0.05, 0) is 26.0 Å². The second-order valence-corrected chi connectivity index (χ2v) is 5.52. The third-order valence-electron chi connectivity index (χ3n) is 3.33. The average molecular weight is 313 g/mol. The van der Waals surface area contributed by atoms with Gasteiger partial charge >= 0.3 is 0 Å². The minimum atomic E-state index is -0.314. The molecule has 1 saturated heterocycles. The first-order valence-corrected chi connectivity index (χ1v) is 7.49. The number of para-hydroxylation sites is 1. The highest BCUT2D eigenvalue weighted by Gasteiger charge is 2.28. The standard InChI is InChI=1S/C15H21ClN2O3/c1-10(21-13-6-4-3-5-12(13)16)9-18-15(19)14-11(2)20-8-7-17-14/h3-6,10-11,14,17H,7-9H2,1-2H3,(H,18,19)/t10?,11-,14+/m1/s1. The molecule has 1 aromatic rings. The van der Waals surface area contributed by atoms with E-state index in [1.165, 1.54) is 0 Å². The lowest BCUT2D eigenvalue weighted by Gasteiger charge is -2.29. The molecule has 0 aliphatic carbocycles. The van der Waals surface area contributed by atoms with E-state index in [1.54, 1.807) is 12.1 Å². The number of morpholine rings is 1. The van der Waals surface area contributed by atoms with Gasteiger partial charge in [-0.1, -0.05) is 23.7 Å². The molecule has 21 heavy (non-hydrogen) atoms. The summed E-state index contributed by atoms with van der Waals surface area (Å²) in [5.41, 5.74) is 0. The highest BCUT2D eigenvalue weighted by molar-refractivity contribution is 6.32. The Hall–Kier alpha value is -1.30. The Labute approximate surface area is 130 Å². The zero-order valence-corrected chi connectivity index (χ0v) is 13.0. The van der Waals surface area contributed by atoms with E-state index in [4.69, 9.17) is 21.1 Å². The molecule has 1 aromatic carbocycles. The number of rotatable bonds is 5. The van der Waals surface area contributed by atoms with E-state index in [0.29, 0.717) is 30.5 Å². The molecule has 0 aromatic heterocycles. The SMILES string of the molecule is CC(CNC(=O)[C@H]1NCCO[C@@H]1C)Oc1ccccc1Cl. The maximum absolute atomic E-state index is 12.1.